The number of imidazole rings is 1. The zero-order valence-electron chi connectivity index (χ0n) is 13.1. The van der Waals surface area contributed by atoms with E-state index in [-0.39, 0.29) is 6.42 Å². The molecule has 2 heterocycles. The van der Waals surface area contributed by atoms with E-state index in [2.05, 4.69) is 9.97 Å². The van der Waals surface area contributed by atoms with E-state index < -0.39 is 12.1 Å². The van der Waals surface area contributed by atoms with Crippen LogP contribution in [0.2, 0.25) is 0 Å². The van der Waals surface area contributed by atoms with E-state index in [1.807, 2.05) is 30.3 Å². The highest BCUT2D eigenvalue weighted by Gasteiger charge is 2.20. The molecule has 3 aromatic rings. The molecule has 0 saturated heterocycles. The quantitative estimate of drug-likeness (QED) is 0.720. The topological polar surface area (TPSA) is 101 Å². The van der Waals surface area contributed by atoms with Gasteiger partial charge in [-0.1, -0.05) is 30.3 Å². The Labute approximate surface area is 138 Å². The van der Waals surface area contributed by atoms with Crippen LogP contribution in [0.15, 0.2) is 47.3 Å². The zero-order valence-corrected chi connectivity index (χ0v) is 13.1. The fraction of sp³-hybridized carbons (Fsp3) is 0.235. The highest BCUT2D eigenvalue weighted by atomic mass is 16.4. The van der Waals surface area contributed by atoms with Gasteiger partial charge in [0.15, 0.2) is 12.0 Å². The van der Waals surface area contributed by atoms with E-state index in [9.17, 15) is 9.90 Å². The number of aliphatic carboxylic acids is 1. The molecule has 0 amide bonds. The molecule has 3 rings (SSSR count). The molecule has 24 heavy (non-hydrogen) atoms. The summed E-state index contributed by atoms with van der Waals surface area (Å²) in [7, 11) is 0. The number of carboxylic acids is 1. The van der Waals surface area contributed by atoms with Crippen LogP contribution in [0.4, 0.5) is 0 Å². The number of oxazole rings is 1. The third kappa shape index (κ3) is 3.21. The Bertz CT molecular complexity index is 839. The van der Waals surface area contributed by atoms with Crippen LogP contribution in [0, 0.1) is 6.92 Å². The van der Waals surface area contributed by atoms with Gasteiger partial charge in [0.25, 0.3) is 0 Å². The summed E-state index contributed by atoms with van der Waals surface area (Å²) >= 11 is 0. The van der Waals surface area contributed by atoms with Crippen LogP contribution in [-0.4, -0.2) is 36.8 Å². The van der Waals surface area contributed by atoms with Gasteiger partial charge in [-0.05, 0) is 0 Å². The van der Waals surface area contributed by atoms with Crippen molar-refractivity contribution >= 4 is 5.97 Å². The molecule has 7 heteroatoms. The molecule has 7 nitrogen and oxygen atoms in total. The molecule has 0 radical (unpaired) electrons. The molecular weight excluding hydrogens is 310 g/mol. The van der Waals surface area contributed by atoms with Crippen molar-refractivity contribution in [2.75, 3.05) is 0 Å². The molecule has 0 aliphatic rings. The van der Waals surface area contributed by atoms with E-state index in [1.54, 1.807) is 24.1 Å². The van der Waals surface area contributed by atoms with Gasteiger partial charge in [-0.2, -0.15) is 0 Å². The summed E-state index contributed by atoms with van der Waals surface area (Å²) in [6.45, 7) is 2.05. The van der Waals surface area contributed by atoms with Gasteiger partial charge in [-0.25, -0.2) is 14.8 Å². The van der Waals surface area contributed by atoms with Crippen molar-refractivity contribution in [1.82, 2.24) is 14.5 Å². The number of aryl methyl sites for hydroxylation is 2. The lowest BCUT2D eigenvalue weighted by Crippen LogP contribution is -2.21. The summed E-state index contributed by atoms with van der Waals surface area (Å²) < 4.78 is 7.09. The van der Waals surface area contributed by atoms with Gasteiger partial charge in [-0.15, -0.1) is 0 Å². The summed E-state index contributed by atoms with van der Waals surface area (Å²) in [6, 6.07) is 9.63. The molecule has 0 fully saturated rings. The number of carboxylic acid groups (broad SMARTS) is 1. The minimum Gasteiger partial charge on any atom is -0.479 e. The standard InChI is InChI=1S/C17H17N3O4/c1-11-19-13(9-24-11)16-15(12-5-3-2-4-6-12)18-10-20(16)8-7-14(21)17(22)23/h2-6,9-10,14,21H,7-8H2,1H3,(H,22,23)/t14-/m0/s1. The van der Waals surface area contributed by atoms with Crippen molar-refractivity contribution in [3.05, 3.63) is 48.8 Å². The summed E-state index contributed by atoms with van der Waals surface area (Å²) in [5.41, 5.74) is 3.00. The highest BCUT2D eigenvalue weighted by Crippen LogP contribution is 2.30. The number of rotatable bonds is 6. The van der Waals surface area contributed by atoms with Crippen molar-refractivity contribution in [2.24, 2.45) is 0 Å². The van der Waals surface area contributed by atoms with Gasteiger partial charge in [0.1, 0.15) is 12.0 Å². The molecule has 0 bridgehead atoms. The van der Waals surface area contributed by atoms with Gasteiger partial charge in [0.05, 0.1) is 17.7 Å². The number of benzene rings is 1. The van der Waals surface area contributed by atoms with Crippen LogP contribution in [0.1, 0.15) is 12.3 Å². The molecule has 2 N–H and O–H groups in total. The van der Waals surface area contributed by atoms with Gasteiger partial charge in [-0.3, -0.25) is 0 Å². The fourth-order valence-electron chi connectivity index (χ4n) is 2.48. The number of aliphatic hydroxyl groups is 1. The van der Waals surface area contributed by atoms with Gasteiger partial charge < -0.3 is 19.2 Å². The molecule has 0 saturated carbocycles. The Kier molecular flexibility index (Phi) is 4.43. The van der Waals surface area contributed by atoms with E-state index >= 15 is 0 Å². The van der Waals surface area contributed by atoms with Gasteiger partial charge >= 0.3 is 5.97 Å². The Balaban J connectivity index is 2.00. The van der Waals surface area contributed by atoms with Crippen molar-refractivity contribution in [2.45, 2.75) is 26.0 Å². The molecule has 124 valence electrons. The molecule has 2 aromatic heterocycles. The first-order valence-corrected chi connectivity index (χ1v) is 7.50. The monoisotopic (exact) mass is 327 g/mol. The minimum atomic E-state index is -1.42. The first kappa shape index (κ1) is 15.9. The lowest BCUT2D eigenvalue weighted by Gasteiger charge is -2.10. The van der Waals surface area contributed by atoms with E-state index in [1.165, 1.54) is 0 Å². The molecule has 0 aliphatic carbocycles. The smallest absolute Gasteiger partial charge is 0.332 e. The average Bonchev–Trinajstić information content (AvgIpc) is 3.19. The Morgan fingerprint density at radius 3 is 2.71 bits per heavy atom. The van der Waals surface area contributed by atoms with Crippen LogP contribution in [0.25, 0.3) is 22.6 Å². The molecule has 1 atom stereocenters. The number of hydrogen-bond donors (Lipinski definition) is 2. The van der Waals surface area contributed by atoms with Crippen molar-refractivity contribution in [1.29, 1.82) is 0 Å². The van der Waals surface area contributed by atoms with E-state index in [0.29, 0.717) is 18.1 Å². The maximum Gasteiger partial charge on any atom is 0.332 e. The first-order chi connectivity index (χ1) is 11.6. The van der Waals surface area contributed by atoms with Crippen molar-refractivity contribution in [3.8, 4) is 22.6 Å². The second kappa shape index (κ2) is 6.67. The second-order valence-corrected chi connectivity index (χ2v) is 5.40. The summed E-state index contributed by atoms with van der Waals surface area (Å²) in [5, 5.41) is 18.3. The van der Waals surface area contributed by atoms with Crippen LogP contribution in [-0.2, 0) is 11.3 Å². The molecular formula is C17H17N3O4. The molecule has 0 unspecified atom stereocenters. The summed E-state index contributed by atoms with van der Waals surface area (Å²) in [6.07, 6.45) is 1.82. The predicted octanol–water partition coefficient (Wildman–Crippen LogP) is 2.35. The third-order valence-corrected chi connectivity index (χ3v) is 3.68. The predicted molar refractivity (Wildman–Crippen MR) is 86.2 cm³/mol. The van der Waals surface area contributed by atoms with Crippen LogP contribution in [0.3, 0.4) is 0 Å². The minimum absolute atomic E-state index is 0.0732. The van der Waals surface area contributed by atoms with Crippen LogP contribution >= 0.6 is 0 Å². The first-order valence-electron chi connectivity index (χ1n) is 7.50. The molecule has 0 aliphatic heterocycles. The average molecular weight is 327 g/mol. The highest BCUT2D eigenvalue weighted by molar-refractivity contribution is 5.76. The fourth-order valence-corrected chi connectivity index (χ4v) is 2.48. The third-order valence-electron chi connectivity index (χ3n) is 3.68. The number of carbonyl (C=O) groups is 1. The normalized spacial score (nSPS) is 12.2. The maximum absolute atomic E-state index is 10.8. The van der Waals surface area contributed by atoms with Crippen LogP contribution in [0.5, 0.6) is 0 Å². The Morgan fingerprint density at radius 1 is 1.33 bits per heavy atom. The van der Waals surface area contributed by atoms with Gasteiger partial charge in [0.2, 0.25) is 0 Å². The van der Waals surface area contributed by atoms with Crippen LogP contribution < -0.4 is 0 Å². The van der Waals surface area contributed by atoms with E-state index in [0.717, 1.165) is 17.0 Å². The lowest BCUT2D eigenvalue weighted by molar-refractivity contribution is -0.147. The van der Waals surface area contributed by atoms with Gasteiger partial charge in [0, 0.05) is 25.5 Å². The second-order valence-electron chi connectivity index (χ2n) is 5.40. The lowest BCUT2D eigenvalue weighted by atomic mass is 10.1. The number of aromatic nitrogens is 3. The van der Waals surface area contributed by atoms with Crippen molar-refractivity contribution < 1.29 is 19.4 Å². The summed E-state index contributed by atoms with van der Waals surface area (Å²) in [5.74, 6) is -0.709. The number of hydrogen-bond acceptors (Lipinski definition) is 5. The van der Waals surface area contributed by atoms with Crippen molar-refractivity contribution in [3.63, 3.8) is 0 Å². The largest absolute Gasteiger partial charge is 0.479 e. The summed E-state index contributed by atoms with van der Waals surface area (Å²) in [4.78, 5) is 19.6. The zero-order chi connectivity index (χ0) is 17.1. The molecule has 0 spiro atoms. The number of nitrogens with zero attached hydrogens (tertiary/aromatic N) is 3. The SMILES string of the molecule is Cc1nc(-c2c(-c3ccccc3)ncn2CC[C@H](O)C(=O)O)co1. The Morgan fingerprint density at radius 2 is 2.08 bits per heavy atom. The Hall–Kier alpha value is -2.93. The maximum atomic E-state index is 10.8. The van der Waals surface area contributed by atoms with E-state index in [4.69, 9.17) is 9.52 Å². The number of aliphatic hydroxyl groups excluding tert-OH is 1. The molecule has 1 aromatic carbocycles.